The Morgan fingerprint density at radius 2 is 2.05 bits per heavy atom. The third-order valence-electron chi connectivity index (χ3n) is 6.64. The molecule has 0 radical (unpaired) electrons. The summed E-state index contributed by atoms with van der Waals surface area (Å²) < 4.78 is 1.17. The Bertz CT molecular complexity index is 550. The van der Waals surface area contributed by atoms with Crippen molar-refractivity contribution in [3.8, 4) is 5.75 Å². The molecule has 0 aromatic heterocycles. The first kappa shape index (κ1) is 12.7. The number of fused-ring (bicyclic) bond motifs is 1. The lowest BCUT2D eigenvalue weighted by Crippen LogP contribution is -2.66. The zero-order valence-electron chi connectivity index (χ0n) is 12.7. The average molecular weight is 271 g/mol. The number of benzene rings is 1. The molecule has 0 amide bonds. The summed E-state index contributed by atoms with van der Waals surface area (Å²) in [6, 6.07) is 6.64. The summed E-state index contributed by atoms with van der Waals surface area (Å²) in [4.78, 5) is 0. The van der Waals surface area contributed by atoms with Gasteiger partial charge in [0.1, 0.15) is 0 Å². The first-order valence-corrected chi connectivity index (χ1v) is 8.16. The van der Waals surface area contributed by atoms with Gasteiger partial charge < -0.3 is 9.59 Å². The van der Waals surface area contributed by atoms with Crippen LogP contribution in [-0.2, 0) is 11.8 Å². The van der Waals surface area contributed by atoms with Crippen molar-refractivity contribution in [3.05, 3.63) is 29.3 Å². The van der Waals surface area contributed by atoms with Gasteiger partial charge in [0.05, 0.1) is 26.7 Å². The van der Waals surface area contributed by atoms with E-state index in [9.17, 15) is 5.11 Å². The van der Waals surface area contributed by atoms with Crippen molar-refractivity contribution in [1.29, 1.82) is 0 Å². The van der Waals surface area contributed by atoms with Crippen LogP contribution in [0.2, 0.25) is 0 Å². The minimum Gasteiger partial charge on any atom is -0.872 e. The minimum atomic E-state index is 0.209. The zero-order chi connectivity index (χ0) is 14.0. The minimum absolute atomic E-state index is 0.209. The Morgan fingerprint density at radius 3 is 2.90 bits per heavy atom. The Hall–Kier alpha value is -1.02. The fraction of sp³-hybridized carbons (Fsp3) is 0.667. The van der Waals surface area contributed by atoms with Crippen LogP contribution in [0.5, 0.6) is 5.75 Å². The lowest BCUT2D eigenvalue weighted by Gasteiger charge is -2.60. The van der Waals surface area contributed by atoms with Crippen LogP contribution in [0.4, 0.5) is 0 Å². The van der Waals surface area contributed by atoms with Gasteiger partial charge in [0, 0.05) is 24.2 Å². The third kappa shape index (κ3) is 1.54. The lowest BCUT2D eigenvalue weighted by atomic mass is 9.52. The van der Waals surface area contributed by atoms with Crippen LogP contribution >= 0.6 is 0 Å². The second kappa shape index (κ2) is 4.00. The number of likely N-dealkylation sites (tertiary alicyclic amines) is 1. The monoisotopic (exact) mass is 271 g/mol. The zero-order valence-corrected chi connectivity index (χ0v) is 12.7. The van der Waals surface area contributed by atoms with Gasteiger partial charge in [0.25, 0.3) is 0 Å². The molecule has 1 aromatic rings. The van der Waals surface area contributed by atoms with Crippen LogP contribution < -0.4 is 5.11 Å². The molecule has 1 heterocycles. The van der Waals surface area contributed by atoms with Gasteiger partial charge in [0.2, 0.25) is 0 Å². The highest BCUT2D eigenvalue weighted by Gasteiger charge is 2.57. The number of hydrogen-bond donors (Lipinski definition) is 0. The molecule has 3 atom stereocenters. The van der Waals surface area contributed by atoms with Crippen molar-refractivity contribution in [2.45, 2.75) is 50.0 Å². The van der Waals surface area contributed by atoms with Gasteiger partial charge in [-0.1, -0.05) is 31.0 Å². The van der Waals surface area contributed by atoms with E-state index in [0.29, 0.717) is 5.41 Å². The maximum atomic E-state index is 11.9. The Kier molecular flexibility index (Phi) is 2.54. The van der Waals surface area contributed by atoms with Crippen molar-refractivity contribution >= 4 is 0 Å². The molecule has 0 spiro atoms. The van der Waals surface area contributed by atoms with E-state index in [0.717, 1.165) is 12.0 Å². The Balaban J connectivity index is 1.92. The van der Waals surface area contributed by atoms with Crippen LogP contribution in [0.3, 0.4) is 0 Å². The van der Waals surface area contributed by atoms with E-state index in [1.54, 1.807) is 6.07 Å². The molecule has 1 aliphatic heterocycles. The van der Waals surface area contributed by atoms with Crippen molar-refractivity contribution in [1.82, 2.24) is 0 Å². The number of likely N-dealkylation sites (N-methyl/N-ethyl adjacent to an activating group) is 1. The number of hydrogen-bond acceptors (Lipinski definition) is 1. The molecule has 0 N–H and O–H groups in total. The molecule has 4 rings (SSSR count). The van der Waals surface area contributed by atoms with E-state index < -0.39 is 0 Å². The number of quaternary nitrogens is 1. The summed E-state index contributed by atoms with van der Waals surface area (Å²) in [7, 11) is 4.83. The predicted octanol–water partition coefficient (Wildman–Crippen LogP) is 2.59. The van der Waals surface area contributed by atoms with E-state index in [1.165, 1.54) is 60.7 Å². The predicted molar refractivity (Wildman–Crippen MR) is 78.6 cm³/mol. The second-order valence-corrected chi connectivity index (χ2v) is 7.85. The van der Waals surface area contributed by atoms with Crippen LogP contribution in [0, 0.1) is 5.92 Å². The summed E-state index contributed by atoms with van der Waals surface area (Å²) >= 11 is 0. The number of piperidine rings is 1. The molecule has 1 saturated carbocycles. The van der Waals surface area contributed by atoms with Crippen molar-refractivity contribution in [2.75, 3.05) is 20.6 Å². The Labute approximate surface area is 122 Å². The van der Waals surface area contributed by atoms with E-state index in [2.05, 4.69) is 20.2 Å². The maximum absolute atomic E-state index is 11.9. The Morgan fingerprint density at radius 1 is 1.20 bits per heavy atom. The van der Waals surface area contributed by atoms with Crippen LogP contribution in [0.1, 0.15) is 43.2 Å². The van der Waals surface area contributed by atoms with E-state index >= 15 is 0 Å². The largest absolute Gasteiger partial charge is 0.872 e. The van der Waals surface area contributed by atoms with E-state index in [4.69, 9.17) is 0 Å². The van der Waals surface area contributed by atoms with Crippen LogP contribution in [-0.4, -0.2) is 31.2 Å². The third-order valence-corrected chi connectivity index (χ3v) is 6.64. The smallest absolute Gasteiger partial charge is 0.0964 e. The summed E-state index contributed by atoms with van der Waals surface area (Å²) in [6.07, 6.45) is 7.86. The summed E-state index contributed by atoms with van der Waals surface area (Å²) in [5.41, 5.74) is 3.24. The quantitative estimate of drug-likeness (QED) is 0.665. The fourth-order valence-corrected chi connectivity index (χ4v) is 5.56. The molecule has 1 aromatic carbocycles. The van der Waals surface area contributed by atoms with Gasteiger partial charge in [-0.3, -0.25) is 0 Å². The van der Waals surface area contributed by atoms with Crippen LogP contribution in [0.15, 0.2) is 18.2 Å². The van der Waals surface area contributed by atoms with Gasteiger partial charge in [-0.25, -0.2) is 0 Å². The lowest BCUT2D eigenvalue weighted by molar-refractivity contribution is -0.927. The molecular formula is C18H25NO. The number of rotatable bonds is 0. The van der Waals surface area contributed by atoms with Crippen molar-refractivity contribution in [3.63, 3.8) is 0 Å². The topological polar surface area (TPSA) is 23.1 Å². The fourth-order valence-electron chi connectivity index (χ4n) is 5.56. The molecular weight excluding hydrogens is 246 g/mol. The van der Waals surface area contributed by atoms with Crippen LogP contribution in [0.25, 0.3) is 0 Å². The van der Waals surface area contributed by atoms with Crippen molar-refractivity contribution in [2.24, 2.45) is 5.92 Å². The molecule has 1 saturated heterocycles. The van der Waals surface area contributed by atoms with Gasteiger partial charge in [0.15, 0.2) is 0 Å². The summed E-state index contributed by atoms with van der Waals surface area (Å²) in [5, 5.41) is 11.9. The molecule has 2 heteroatoms. The molecule has 2 aliphatic carbocycles. The van der Waals surface area contributed by atoms with Gasteiger partial charge in [-0.05, 0) is 24.0 Å². The molecule has 20 heavy (non-hydrogen) atoms. The highest BCUT2D eigenvalue weighted by atomic mass is 16.3. The SMILES string of the molecule is C[N+]1(C)CC[C@]23CCCC[C@@H]2[C@H]1Cc1ccc([O-])cc13. The molecule has 2 bridgehead atoms. The van der Waals surface area contributed by atoms with Gasteiger partial charge in [-0.2, -0.15) is 0 Å². The molecule has 0 unspecified atom stereocenters. The van der Waals surface area contributed by atoms with E-state index in [1.807, 2.05) is 6.07 Å². The summed E-state index contributed by atoms with van der Waals surface area (Å²) in [6.45, 7) is 1.27. The number of nitrogens with zero attached hydrogens (tertiary/aromatic N) is 1. The molecule has 3 aliphatic rings. The highest BCUT2D eigenvalue weighted by Crippen LogP contribution is 2.57. The standard InChI is InChI=1S/C18H25NO/c1-19(2)10-9-18-8-4-3-5-15(18)17(19)11-13-6-7-14(20)12-16(13)18/h6-7,12,15,17H,3-5,8-11H2,1-2H3/t15-,17-,18-/m1/s1. The normalized spacial score (nSPS) is 37.9. The molecule has 108 valence electrons. The first-order valence-electron chi connectivity index (χ1n) is 8.16. The van der Waals surface area contributed by atoms with Gasteiger partial charge >= 0.3 is 0 Å². The molecule has 2 nitrogen and oxygen atoms in total. The van der Waals surface area contributed by atoms with Gasteiger partial charge in [-0.15, -0.1) is 5.75 Å². The second-order valence-electron chi connectivity index (χ2n) is 7.85. The summed E-state index contributed by atoms with van der Waals surface area (Å²) in [5.74, 6) is 1.01. The molecule has 2 fully saturated rings. The average Bonchev–Trinajstić information content (AvgIpc) is 2.44. The first-order chi connectivity index (χ1) is 9.53. The van der Waals surface area contributed by atoms with E-state index in [-0.39, 0.29) is 5.75 Å². The van der Waals surface area contributed by atoms with Crippen molar-refractivity contribution < 1.29 is 9.59 Å². The maximum Gasteiger partial charge on any atom is 0.0964 e. The highest BCUT2D eigenvalue weighted by molar-refractivity contribution is 5.44.